The van der Waals surface area contributed by atoms with Crippen LogP contribution in [0.15, 0.2) is 48.8 Å². The number of pyridine rings is 1. The first-order chi connectivity index (χ1) is 16.1. The molecule has 0 spiro atoms. The predicted octanol–water partition coefficient (Wildman–Crippen LogP) is 4.86. The van der Waals surface area contributed by atoms with Gasteiger partial charge in [-0.2, -0.15) is 5.10 Å². The van der Waals surface area contributed by atoms with Gasteiger partial charge in [-0.05, 0) is 56.2 Å². The van der Waals surface area contributed by atoms with Gasteiger partial charge in [0.25, 0.3) is 5.91 Å². The van der Waals surface area contributed by atoms with Crippen LogP contribution < -0.4 is 0 Å². The molecule has 0 unspecified atom stereocenters. The molecule has 34 heavy (non-hydrogen) atoms. The first-order valence-electron chi connectivity index (χ1n) is 11.0. The fourth-order valence-corrected chi connectivity index (χ4v) is 4.72. The number of benzene rings is 2. The van der Waals surface area contributed by atoms with Crippen molar-refractivity contribution < 1.29 is 18.7 Å². The summed E-state index contributed by atoms with van der Waals surface area (Å²) in [5.74, 6) is -1.76. The van der Waals surface area contributed by atoms with Crippen LogP contribution in [0.1, 0.15) is 54.0 Å². The maximum absolute atomic E-state index is 15.4. The van der Waals surface area contributed by atoms with Crippen molar-refractivity contribution in [1.82, 2.24) is 19.7 Å². The van der Waals surface area contributed by atoms with Crippen LogP contribution in [0, 0.1) is 11.6 Å². The van der Waals surface area contributed by atoms with Crippen molar-refractivity contribution in [2.24, 2.45) is 7.05 Å². The standard InChI is InChI=1S/C26H24F2N4O2/c1-14(32-13-22-17(25(32)33)6-5-9-29-22)23-20(27)10-15(11-21(23)28)16-7-8-19(26(2,3)34)24-18(16)12-31(4)30-24/h5-12,14,34H,13H2,1-4H3/t14-/m0/s1. The molecule has 0 bridgehead atoms. The average molecular weight is 463 g/mol. The van der Waals surface area contributed by atoms with Crippen molar-refractivity contribution in [3.8, 4) is 11.1 Å². The Morgan fingerprint density at radius 2 is 1.82 bits per heavy atom. The average Bonchev–Trinajstić information content (AvgIpc) is 3.31. The van der Waals surface area contributed by atoms with E-state index < -0.39 is 23.3 Å². The number of rotatable bonds is 4. The Labute approximate surface area is 195 Å². The number of carbonyl (C=O) groups excluding carboxylic acids is 1. The lowest BCUT2D eigenvalue weighted by atomic mass is 9.91. The molecule has 0 aliphatic carbocycles. The number of aryl methyl sites for hydroxylation is 1. The van der Waals surface area contributed by atoms with E-state index in [1.54, 1.807) is 69.2 Å². The second-order valence-corrected chi connectivity index (χ2v) is 9.25. The smallest absolute Gasteiger partial charge is 0.256 e. The summed E-state index contributed by atoms with van der Waals surface area (Å²) < 4.78 is 32.4. The largest absolute Gasteiger partial charge is 0.386 e. The van der Waals surface area contributed by atoms with Gasteiger partial charge in [-0.1, -0.05) is 12.1 Å². The highest BCUT2D eigenvalue weighted by molar-refractivity contribution is 5.98. The van der Waals surface area contributed by atoms with E-state index in [4.69, 9.17) is 0 Å². The van der Waals surface area contributed by atoms with Gasteiger partial charge in [0, 0.05) is 36.0 Å². The molecule has 1 amide bonds. The summed E-state index contributed by atoms with van der Waals surface area (Å²) >= 11 is 0. The third kappa shape index (κ3) is 3.45. The maximum atomic E-state index is 15.4. The van der Waals surface area contributed by atoms with Gasteiger partial charge in [-0.25, -0.2) is 8.78 Å². The third-order valence-corrected chi connectivity index (χ3v) is 6.43. The van der Waals surface area contributed by atoms with Crippen LogP contribution in [0.25, 0.3) is 22.0 Å². The van der Waals surface area contributed by atoms with E-state index in [0.29, 0.717) is 38.9 Å². The van der Waals surface area contributed by atoms with Crippen LogP contribution in [0.4, 0.5) is 8.78 Å². The van der Waals surface area contributed by atoms with E-state index >= 15 is 8.78 Å². The molecule has 2 aromatic carbocycles. The van der Waals surface area contributed by atoms with Crippen molar-refractivity contribution in [3.05, 3.63) is 82.8 Å². The fraction of sp³-hybridized carbons (Fsp3) is 0.269. The van der Waals surface area contributed by atoms with Crippen molar-refractivity contribution in [2.45, 2.75) is 39.0 Å². The van der Waals surface area contributed by atoms with Crippen LogP contribution in [-0.2, 0) is 19.2 Å². The quantitative estimate of drug-likeness (QED) is 0.470. The van der Waals surface area contributed by atoms with Crippen molar-refractivity contribution >= 4 is 16.8 Å². The number of halogens is 2. The van der Waals surface area contributed by atoms with Gasteiger partial charge < -0.3 is 10.0 Å². The highest BCUT2D eigenvalue weighted by atomic mass is 19.1. The second kappa shape index (κ2) is 7.70. The molecule has 0 saturated heterocycles. The molecule has 1 atom stereocenters. The van der Waals surface area contributed by atoms with Gasteiger partial charge in [0.1, 0.15) is 11.6 Å². The minimum Gasteiger partial charge on any atom is -0.386 e. The number of nitrogens with zero attached hydrogens (tertiary/aromatic N) is 4. The molecule has 0 radical (unpaired) electrons. The maximum Gasteiger partial charge on any atom is 0.256 e. The van der Waals surface area contributed by atoms with E-state index in [1.807, 2.05) is 0 Å². The molecule has 1 aliphatic rings. The summed E-state index contributed by atoms with van der Waals surface area (Å²) in [5.41, 5.74) is 1.90. The Bertz CT molecular complexity index is 1430. The zero-order chi connectivity index (χ0) is 24.4. The molecule has 3 heterocycles. The Hall–Kier alpha value is -3.65. The molecule has 174 valence electrons. The number of fused-ring (bicyclic) bond motifs is 2. The summed E-state index contributed by atoms with van der Waals surface area (Å²) in [5, 5.41) is 15.7. The Balaban J connectivity index is 1.56. The number of hydrogen-bond donors (Lipinski definition) is 1. The van der Waals surface area contributed by atoms with Gasteiger partial charge >= 0.3 is 0 Å². The summed E-state index contributed by atoms with van der Waals surface area (Å²) in [4.78, 5) is 18.4. The molecular formula is C26H24F2N4O2. The van der Waals surface area contributed by atoms with Crippen molar-refractivity contribution in [2.75, 3.05) is 0 Å². The van der Waals surface area contributed by atoms with Crippen LogP contribution in [0.2, 0.25) is 0 Å². The van der Waals surface area contributed by atoms with Crippen LogP contribution >= 0.6 is 0 Å². The number of amides is 1. The Kier molecular flexibility index (Phi) is 5.02. The highest BCUT2D eigenvalue weighted by Gasteiger charge is 2.34. The summed E-state index contributed by atoms with van der Waals surface area (Å²) in [7, 11) is 1.75. The highest BCUT2D eigenvalue weighted by Crippen LogP contribution is 2.38. The molecule has 8 heteroatoms. The third-order valence-electron chi connectivity index (χ3n) is 6.43. The minimum atomic E-state index is -1.13. The molecule has 0 fully saturated rings. The predicted molar refractivity (Wildman–Crippen MR) is 124 cm³/mol. The van der Waals surface area contributed by atoms with Crippen LogP contribution in [0.5, 0.6) is 0 Å². The number of carbonyl (C=O) groups is 1. The van der Waals surface area contributed by atoms with E-state index in [1.165, 1.54) is 17.0 Å². The molecule has 1 aliphatic heterocycles. The van der Waals surface area contributed by atoms with E-state index in [-0.39, 0.29) is 18.0 Å². The SMILES string of the molecule is C[C@@H](c1c(F)cc(-c2ccc(C(C)(C)O)c3nn(C)cc23)cc1F)N1Cc2ncccc2C1=O. The van der Waals surface area contributed by atoms with Gasteiger partial charge in [0.15, 0.2) is 0 Å². The molecule has 5 rings (SSSR count). The van der Waals surface area contributed by atoms with Gasteiger partial charge in [-0.15, -0.1) is 0 Å². The van der Waals surface area contributed by atoms with Crippen LogP contribution in [-0.4, -0.2) is 30.7 Å². The first kappa shape index (κ1) is 22.2. The lowest BCUT2D eigenvalue weighted by molar-refractivity contribution is 0.0709. The summed E-state index contributed by atoms with van der Waals surface area (Å²) in [6, 6.07) is 8.56. The second-order valence-electron chi connectivity index (χ2n) is 9.25. The first-order valence-corrected chi connectivity index (χ1v) is 11.0. The summed E-state index contributed by atoms with van der Waals surface area (Å²) in [6.45, 7) is 5.14. The molecule has 4 aromatic rings. The minimum absolute atomic E-state index is 0.166. The lowest BCUT2D eigenvalue weighted by Crippen LogP contribution is -2.28. The van der Waals surface area contributed by atoms with E-state index in [9.17, 15) is 9.90 Å². The van der Waals surface area contributed by atoms with E-state index in [2.05, 4.69) is 10.1 Å². The molecular weight excluding hydrogens is 438 g/mol. The number of aliphatic hydroxyl groups is 1. The Morgan fingerprint density at radius 3 is 2.47 bits per heavy atom. The Morgan fingerprint density at radius 1 is 1.12 bits per heavy atom. The number of aromatic nitrogens is 3. The van der Waals surface area contributed by atoms with Gasteiger partial charge in [0.2, 0.25) is 0 Å². The normalized spacial score (nSPS) is 14.7. The fourth-order valence-electron chi connectivity index (χ4n) is 4.72. The van der Waals surface area contributed by atoms with Crippen molar-refractivity contribution in [3.63, 3.8) is 0 Å². The lowest BCUT2D eigenvalue weighted by Gasteiger charge is -2.25. The number of hydrogen-bond acceptors (Lipinski definition) is 4. The zero-order valence-corrected chi connectivity index (χ0v) is 19.3. The molecule has 0 saturated carbocycles. The van der Waals surface area contributed by atoms with Crippen molar-refractivity contribution in [1.29, 1.82) is 0 Å². The molecule has 1 N–H and O–H groups in total. The summed E-state index contributed by atoms with van der Waals surface area (Å²) in [6.07, 6.45) is 3.36. The zero-order valence-electron chi connectivity index (χ0n) is 19.3. The topological polar surface area (TPSA) is 71.2 Å². The monoisotopic (exact) mass is 462 g/mol. The molecule has 2 aromatic heterocycles. The van der Waals surface area contributed by atoms with E-state index in [0.717, 1.165) is 0 Å². The van der Waals surface area contributed by atoms with Gasteiger partial charge in [-0.3, -0.25) is 14.5 Å². The van der Waals surface area contributed by atoms with Gasteiger partial charge in [0.05, 0.1) is 35.0 Å². The molecule has 6 nitrogen and oxygen atoms in total. The van der Waals surface area contributed by atoms with Crippen LogP contribution in [0.3, 0.4) is 0 Å².